The summed E-state index contributed by atoms with van der Waals surface area (Å²) in [6.07, 6.45) is 1.47. The van der Waals surface area contributed by atoms with Crippen molar-refractivity contribution in [3.63, 3.8) is 0 Å². The van der Waals surface area contributed by atoms with Gasteiger partial charge in [-0.25, -0.2) is 9.18 Å². The summed E-state index contributed by atoms with van der Waals surface area (Å²) >= 11 is 8.55. The fourth-order valence-electron chi connectivity index (χ4n) is 2.45. The molecule has 0 heterocycles. The van der Waals surface area contributed by atoms with E-state index in [9.17, 15) is 9.18 Å². The van der Waals surface area contributed by atoms with E-state index in [0.717, 1.165) is 4.47 Å². The molecule has 9 heteroatoms. The lowest BCUT2D eigenvalue weighted by molar-refractivity contribution is 0.0734. The Kier molecular flexibility index (Phi) is 7.69. The number of hydrazone groups is 1. The summed E-state index contributed by atoms with van der Waals surface area (Å²) in [5, 5.41) is 7.18. The Morgan fingerprint density at radius 2 is 1.81 bits per heavy atom. The molecule has 0 fully saturated rings. The van der Waals surface area contributed by atoms with Crippen molar-refractivity contribution in [3.8, 4) is 11.5 Å². The molecule has 0 unspecified atom stereocenters. The van der Waals surface area contributed by atoms with Crippen molar-refractivity contribution in [1.29, 1.82) is 0 Å². The molecular formula is C22H17BrFN3O3S. The number of nitrogens with zero attached hydrogens (tertiary/aromatic N) is 1. The highest BCUT2D eigenvalue weighted by molar-refractivity contribution is 9.10. The molecule has 0 aliphatic carbocycles. The van der Waals surface area contributed by atoms with Crippen LogP contribution in [0.15, 0.2) is 76.3 Å². The van der Waals surface area contributed by atoms with Gasteiger partial charge in [0.2, 0.25) is 0 Å². The zero-order valence-corrected chi connectivity index (χ0v) is 18.7. The van der Waals surface area contributed by atoms with Gasteiger partial charge in [-0.05, 0) is 78.9 Å². The molecule has 31 heavy (non-hydrogen) atoms. The van der Waals surface area contributed by atoms with Crippen LogP contribution in [0, 0.1) is 5.82 Å². The van der Waals surface area contributed by atoms with Crippen molar-refractivity contribution in [2.75, 3.05) is 12.4 Å². The van der Waals surface area contributed by atoms with Gasteiger partial charge in [-0.3, -0.25) is 5.43 Å². The maximum Gasteiger partial charge on any atom is 0.343 e. The number of thiocarbonyl (C=S) groups is 1. The molecule has 6 nitrogen and oxygen atoms in total. The first-order chi connectivity index (χ1) is 14.9. The lowest BCUT2D eigenvalue weighted by Crippen LogP contribution is -2.23. The number of rotatable bonds is 6. The second-order valence-electron chi connectivity index (χ2n) is 6.13. The number of ether oxygens (including phenoxy) is 2. The minimum atomic E-state index is -0.513. The molecule has 0 saturated heterocycles. The van der Waals surface area contributed by atoms with Gasteiger partial charge in [0.15, 0.2) is 5.11 Å². The lowest BCUT2D eigenvalue weighted by atomic mass is 10.2. The lowest BCUT2D eigenvalue weighted by Gasteiger charge is -2.09. The van der Waals surface area contributed by atoms with E-state index in [1.807, 2.05) is 0 Å². The summed E-state index contributed by atoms with van der Waals surface area (Å²) in [5.74, 6) is 0.117. The average molecular weight is 502 g/mol. The number of hydrogen-bond donors (Lipinski definition) is 2. The number of halogens is 2. The number of benzene rings is 3. The van der Waals surface area contributed by atoms with Crippen LogP contribution in [0.5, 0.6) is 11.5 Å². The molecular weight excluding hydrogens is 485 g/mol. The standard InChI is InChI=1S/C22H17BrFN3O3S/c1-29-19-9-2-14(3-10-19)21(28)30-20-11-4-16(23)12-15(20)13-25-27-22(31)26-18-7-5-17(24)6-8-18/h2-13H,1H3,(H2,26,27,31). The Bertz CT molecular complexity index is 1110. The Morgan fingerprint density at radius 3 is 2.48 bits per heavy atom. The van der Waals surface area contributed by atoms with Gasteiger partial charge in [-0.2, -0.15) is 5.10 Å². The van der Waals surface area contributed by atoms with E-state index in [0.29, 0.717) is 28.3 Å². The molecule has 3 rings (SSSR count). The molecule has 0 amide bonds. The Labute approximate surface area is 192 Å². The Balaban J connectivity index is 1.66. The summed E-state index contributed by atoms with van der Waals surface area (Å²) in [7, 11) is 1.55. The van der Waals surface area contributed by atoms with Gasteiger partial charge < -0.3 is 14.8 Å². The maximum atomic E-state index is 13.0. The topological polar surface area (TPSA) is 72.0 Å². The Morgan fingerprint density at radius 1 is 1.10 bits per heavy atom. The molecule has 158 valence electrons. The van der Waals surface area contributed by atoms with Crippen molar-refractivity contribution in [2.24, 2.45) is 5.10 Å². The van der Waals surface area contributed by atoms with E-state index in [1.54, 1.807) is 61.7 Å². The van der Waals surface area contributed by atoms with Gasteiger partial charge in [0.1, 0.15) is 17.3 Å². The fraction of sp³-hybridized carbons (Fsp3) is 0.0455. The first-order valence-corrected chi connectivity index (χ1v) is 10.2. The third kappa shape index (κ3) is 6.59. The fourth-order valence-corrected chi connectivity index (χ4v) is 3.00. The Hall–Kier alpha value is -3.30. The van der Waals surface area contributed by atoms with Gasteiger partial charge in [-0.15, -0.1) is 0 Å². The van der Waals surface area contributed by atoms with Crippen LogP contribution in [-0.4, -0.2) is 24.4 Å². The average Bonchev–Trinajstić information content (AvgIpc) is 2.77. The van der Waals surface area contributed by atoms with Crippen LogP contribution in [0.2, 0.25) is 0 Å². The van der Waals surface area contributed by atoms with Crippen LogP contribution in [0.1, 0.15) is 15.9 Å². The third-order valence-corrected chi connectivity index (χ3v) is 4.66. The number of carbonyl (C=O) groups is 1. The molecule has 2 N–H and O–H groups in total. The van der Waals surface area contributed by atoms with Gasteiger partial charge in [0, 0.05) is 15.7 Å². The number of anilines is 1. The van der Waals surface area contributed by atoms with Crippen molar-refractivity contribution >= 4 is 51.1 Å². The van der Waals surface area contributed by atoms with E-state index in [2.05, 4.69) is 31.8 Å². The monoisotopic (exact) mass is 501 g/mol. The van der Waals surface area contributed by atoms with E-state index < -0.39 is 5.97 Å². The molecule has 3 aromatic carbocycles. The van der Waals surface area contributed by atoms with Crippen molar-refractivity contribution in [3.05, 3.63) is 88.1 Å². The first kappa shape index (κ1) is 22.4. The van der Waals surface area contributed by atoms with Crippen LogP contribution in [-0.2, 0) is 0 Å². The smallest absolute Gasteiger partial charge is 0.343 e. The summed E-state index contributed by atoms with van der Waals surface area (Å²) < 4.78 is 24.4. The second kappa shape index (κ2) is 10.6. The zero-order chi connectivity index (χ0) is 22.2. The van der Waals surface area contributed by atoms with E-state index >= 15 is 0 Å². The highest BCUT2D eigenvalue weighted by Gasteiger charge is 2.12. The third-order valence-electron chi connectivity index (χ3n) is 3.97. The molecule has 0 aromatic heterocycles. The van der Waals surface area contributed by atoms with Crippen LogP contribution >= 0.6 is 28.1 Å². The predicted octanol–water partition coefficient (Wildman–Crippen LogP) is 5.14. The van der Waals surface area contributed by atoms with Crippen LogP contribution < -0.4 is 20.2 Å². The molecule has 0 aliphatic heterocycles. The summed E-state index contributed by atoms with van der Waals surface area (Å²) in [5.41, 5.74) is 4.21. The van der Waals surface area contributed by atoms with Crippen LogP contribution in [0.4, 0.5) is 10.1 Å². The van der Waals surface area contributed by atoms with E-state index in [4.69, 9.17) is 21.7 Å². The number of carbonyl (C=O) groups excluding carboxylic acids is 1. The predicted molar refractivity (Wildman–Crippen MR) is 125 cm³/mol. The van der Waals surface area contributed by atoms with Crippen LogP contribution in [0.25, 0.3) is 0 Å². The summed E-state index contributed by atoms with van der Waals surface area (Å²) in [6.45, 7) is 0. The molecule has 0 aliphatic rings. The molecule has 3 aromatic rings. The molecule has 0 radical (unpaired) electrons. The van der Waals surface area contributed by atoms with Gasteiger partial charge in [-0.1, -0.05) is 15.9 Å². The minimum absolute atomic E-state index is 0.217. The van der Waals surface area contributed by atoms with Gasteiger partial charge in [0.05, 0.1) is 18.9 Å². The van der Waals surface area contributed by atoms with Gasteiger partial charge in [0.25, 0.3) is 0 Å². The van der Waals surface area contributed by atoms with Gasteiger partial charge >= 0.3 is 5.97 Å². The molecule has 0 atom stereocenters. The summed E-state index contributed by atoms with van der Waals surface area (Å²) in [6, 6.07) is 17.5. The van der Waals surface area contributed by atoms with Crippen molar-refractivity contribution < 1.29 is 18.7 Å². The SMILES string of the molecule is COc1ccc(C(=O)Oc2ccc(Br)cc2C=NNC(=S)Nc2ccc(F)cc2)cc1. The van der Waals surface area contributed by atoms with Crippen LogP contribution in [0.3, 0.4) is 0 Å². The quantitative estimate of drug-likeness (QED) is 0.160. The highest BCUT2D eigenvalue weighted by atomic mass is 79.9. The minimum Gasteiger partial charge on any atom is -0.497 e. The first-order valence-electron chi connectivity index (χ1n) is 8.96. The molecule has 0 spiro atoms. The zero-order valence-electron chi connectivity index (χ0n) is 16.3. The summed E-state index contributed by atoms with van der Waals surface area (Å²) in [4.78, 5) is 12.5. The van der Waals surface area contributed by atoms with Crippen molar-refractivity contribution in [1.82, 2.24) is 5.43 Å². The highest BCUT2D eigenvalue weighted by Crippen LogP contribution is 2.23. The second-order valence-corrected chi connectivity index (χ2v) is 7.46. The molecule has 0 saturated carbocycles. The maximum absolute atomic E-state index is 13.0. The number of nitrogens with one attached hydrogen (secondary N) is 2. The normalized spacial score (nSPS) is 10.5. The number of hydrogen-bond acceptors (Lipinski definition) is 5. The largest absolute Gasteiger partial charge is 0.497 e. The molecule has 0 bridgehead atoms. The van der Waals surface area contributed by atoms with Crippen molar-refractivity contribution in [2.45, 2.75) is 0 Å². The van der Waals surface area contributed by atoms with E-state index in [1.165, 1.54) is 18.3 Å². The number of esters is 1. The van der Waals surface area contributed by atoms with E-state index in [-0.39, 0.29) is 10.9 Å². The number of methoxy groups -OCH3 is 1.